The zero-order valence-corrected chi connectivity index (χ0v) is 9.92. The highest BCUT2D eigenvalue weighted by Gasteiger charge is 2.45. The Kier molecular flexibility index (Phi) is 2.79. The Morgan fingerprint density at radius 1 is 1.47 bits per heavy atom. The van der Waals surface area contributed by atoms with Crippen LogP contribution in [0.15, 0.2) is 18.5 Å². The SMILES string of the molecule is CC(C)C1(O)CN(C(=O)c2cncc(O)c2)C1. The summed E-state index contributed by atoms with van der Waals surface area (Å²) < 4.78 is 0. The van der Waals surface area contributed by atoms with E-state index in [4.69, 9.17) is 0 Å². The Balaban J connectivity index is 2.05. The van der Waals surface area contributed by atoms with Gasteiger partial charge in [-0.1, -0.05) is 13.8 Å². The van der Waals surface area contributed by atoms with E-state index in [9.17, 15) is 15.0 Å². The van der Waals surface area contributed by atoms with E-state index in [1.807, 2.05) is 13.8 Å². The van der Waals surface area contributed by atoms with Crippen molar-refractivity contribution in [3.8, 4) is 5.75 Å². The number of β-amino-alcohol motifs (C(OH)–C–C–N with tert-alkyl or cyclic N) is 1. The van der Waals surface area contributed by atoms with Gasteiger partial charge >= 0.3 is 0 Å². The second-order valence-corrected chi connectivity index (χ2v) is 4.85. The van der Waals surface area contributed by atoms with Gasteiger partial charge in [-0.05, 0) is 12.0 Å². The standard InChI is InChI=1S/C12H16N2O3/c1-8(2)12(17)6-14(7-12)11(16)9-3-10(15)5-13-4-9/h3-5,8,15,17H,6-7H2,1-2H3. The molecule has 5 nitrogen and oxygen atoms in total. The van der Waals surface area contributed by atoms with Crippen LogP contribution in [0.25, 0.3) is 0 Å². The molecule has 0 atom stereocenters. The summed E-state index contributed by atoms with van der Waals surface area (Å²) in [6.45, 7) is 4.52. The maximum absolute atomic E-state index is 12.0. The average Bonchev–Trinajstić information content (AvgIpc) is 2.23. The molecule has 92 valence electrons. The highest BCUT2D eigenvalue weighted by Crippen LogP contribution is 2.29. The van der Waals surface area contributed by atoms with Crippen molar-refractivity contribution in [1.29, 1.82) is 0 Å². The van der Waals surface area contributed by atoms with Gasteiger partial charge in [0, 0.05) is 6.20 Å². The first-order valence-corrected chi connectivity index (χ1v) is 5.58. The Morgan fingerprint density at radius 3 is 2.65 bits per heavy atom. The summed E-state index contributed by atoms with van der Waals surface area (Å²) in [5.74, 6) is -0.122. The molecule has 1 saturated heterocycles. The monoisotopic (exact) mass is 236 g/mol. The van der Waals surface area contributed by atoms with Gasteiger partial charge in [0.1, 0.15) is 11.4 Å². The van der Waals surface area contributed by atoms with Crippen molar-refractivity contribution in [2.24, 2.45) is 5.92 Å². The van der Waals surface area contributed by atoms with Gasteiger partial charge in [-0.15, -0.1) is 0 Å². The summed E-state index contributed by atoms with van der Waals surface area (Å²) in [6.07, 6.45) is 2.69. The molecule has 2 rings (SSSR count). The van der Waals surface area contributed by atoms with E-state index in [1.165, 1.54) is 18.5 Å². The minimum atomic E-state index is -0.778. The van der Waals surface area contributed by atoms with E-state index >= 15 is 0 Å². The van der Waals surface area contributed by atoms with Crippen molar-refractivity contribution < 1.29 is 15.0 Å². The van der Waals surface area contributed by atoms with E-state index < -0.39 is 5.60 Å². The lowest BCUT2D eigenvalue weighted by Gasteiger charge is -2.49. The molecule has 0 unspecified atom stereocenters. The van der Waals surface area contributed by atoms with Gasteiger partial charge in [0.15, 0.2) is 0 Å². The number of amides is 1. The summed E-state index contributed by atoms with van der Waals surface area (Å²) in [6, 6.07) is 1.38. The molecule has 1 aromatic heterocycles. The smallest absolute Gasteiger partial charge is 0.255 e. The molecular weight excluding hydrogens is 220 g/mol. The van der Waals surface area contributed by atoms with Crippen LogP contribution in [0.2, 0.25) is 0 Å². The average molecular weight is 236 g/mol. The zero-order valence-electron chi connectivity index (χ0n) is 9.92. The summed E-state index contributed by atoms with van der Waals surface area (Å²) >= 11 is 0. The number of nitrogens with zero attached hydrogens (tertiary/aromatic N) is 2. The van der Waals surface area contributed by atoms with Crippen molar-refractivity contribution in [3.63, 3.8) is 0 Å². The van der Waals surface area contributed by atoms with Gasteiger partial charge in [0.05, 0.1) is 24.8 Å². The van der Waals surface area contributed by atoms with Crippen LogP contribution in [0.4, 0.5) is 0 Å². The van der Waals surface area contributed by atoms with Gasteiger partial charge < -0.3 is 15.1 Å². The van der Waals surface area contributed by atoms with Crippen molar-refractivity contribution in [3.05, 3.63) is 24.0 Å². The number of aliphatic hydroxyl groups is 1. The van der Waals surface area contributed by atoms with Crippen LogP contribution in [0, 0.1) is 5.92 Å². The molecule has 0 radical (unpaired) electrons. The van der Waals surface area contributed by atoms with Crippen LogP contribution >= 0.6 is 0 Å². The quantitative estimate of drug-likeness (QED) is 0.790. The minimum Gasteiger partial charge on any atom is -0.506 e. The molecule has 0 saturated carbocycles. The fourth-order valence-electron chi connectivity index (χ4n) is 1.85. The van der Waals surface area contributed by atoms with E-state index in [2.05, 4.69) is 4.98 Å². The number of aromatic hydroxyl groups is 1. The van der Waals surface area contributed by atoms with Crippen LogP contribution in [0.3, 0.4) is 0 Å². The predicted molar refractivity (Wildman–Crippen MR) is 61.6 cm³/mol. The van der Waals surface area contributed by atoms with Gasteiger partial charge in [-0.2, -0.15) is 0 Å². The Bertz CT molecular complexity index is 439. The van der Waals surface area contributed by atoms with Crippen LogP contribution in [-0.2, 0) is 0 Å². The fraction of sp³-hybridized carbons (Fsp3) is 0.500. The maximum atomic E-state index is 12.0. The molecule has 5 heteroatoms. The Hall–Kier alpha value is -1.62. The molecule has 2 heterocycles. The van der Waals surface area contributed by atoms with Crippen LogP contribution < -0.4 is 0 Å². The first-order valence-electron chi connectivity index (χ1n) is 5.58. The zero-order chi connectivity index (χ0) is 12.6. The number of hydrogen-bond acceptors (Lipinski definition) is 4. The molecular formula is C12H16N2O3. The van der Waals surface area contributed by atoms with Crippen LogP contribution in [0.1, 0.15) is 24.2 Å². The van der Waals surface area contributed by atoms with E-state index in [-0.39, 0.29) is 17.6 Å². The lowest BCUT2D eigenvalue weighted by molar-refractivity contribution is -0.110. The molecule has 0 aliphatic carbocycles. The second kappa shape index (κ2) is 4.00. The van der Waals surface area contributed by atoms with Crippen molar-refractivity contribution >= 4 is 5.91 Å². The summed E-state index contributed by atoms with van der Waals surface area (Å²) in [4.78, 5) is 17.3. The lowest BCUT2D eigenvalue weighted by atomic mass is 9.83. The number of carbonyl (C=O) groups is 1. The molecule has 1 fully saturated rings. The van der Waals surface area contributed by atoms with Gasteiger partial charge in [-0.25, -0.2) is 0 Å². The molecule has 2 N–H and O–H groups in total. The number of likely N-dealkylation sites (tertiary alicyclic amines) is 1. The highest BCUT2D eigenvalue weighted by molar-refractivity contribution is 5.95. The topological polar surface area (TPSA) is 73.7 Å². The first-order chi connectivity index (χ1) is 7.92. The number of hydrogen-bond donors (Lipinski definition) is 2. The van der Waals surface area contributed by atoms with Gasteiger partial charge in [0.25, 0.3) is 5.91 Å². The van der Waals surface area contributed by atoms with Crippen LogP contribution in [-0.4, -0.2) is 44.7 Å². The number of carbonyl (C=O) groups excluding carboxylic acids is 1. The van der Waals surface area contributed by atoms with E-state index in [0.717, 1.165) is 0 Å². The number of aromatic nitrogens is 1. The molecule has 0 bridgehead atoms. The third kappa shape index (κ3) is 2.10. The van der Waals surface area contributed by atoms with Gasteiger partial charge in [0.2, 0.25) is 0 Å². The number of rotatable bonds is 2. The molecule has 1 aliphatic heterocycles. The summed E-state index contributed by atoms with van der Waals surface area (Å²) in [5.41, 5.74) is -0.435. The molecule has 0 aromatic carbocycles. The van der Waals surface area contributed by atoms with Crippen molar-refractivity contribution in [2.45, 2.75) is 19.4 Å². The molecule has 0 spiro atoms. The molecule has 1 amide bonds. The highest BCUT2D eigenvalue weighted by atomic mass is 16.3. The molecule has 1 aromatic rings. The predicted octanol–water partition coefficient (Wildman–Crippen LogP) is 0.630. The van der Waals surface area contributed by atoms with Crippen molar-refractivity contribution in [1.82, 2.24) is 9.88 Å². The maximum Gasteiger partial charge on any atom is 0.255 e. The molecule has 1 aliphatic rings. The summed E-state index contributed by atoms with van der Waals surface area (Å²) in [7, 11) is 0. The Labute approximate surface area is 99.7 Å². The largest absolute Gasteiger partial charge is 0.506 e. The fourth-order valence-corrected chi connectivity index (χ4v) is 1.85. The first kappa shape index (κ1) is 11.9. The molecule has 17 heavy (non-hydrogen) atoms. The van der Waals surface area contributed by atoms with E-state index in [0.29, 0.717) is 18.7 Å². The lowest BCUT2D eigenvalue weighted by Crippen LogP contribution is -2.65. The summed E-state index contributed by atoms with van der Waals surface area (Å²) in [5, 5.41) is 19.3. The van der Waals surface area contributed by atoms with Crippen molar-refractivity contribution in [2.75, 3.05) is 13.1 Å². The van der Waals surface area contributed by atoms with Crippen LogP contribution in [0.5, 0.6) is 5.75 Å². The Morgan fingerprint density at radius 2 is 2.12 bits per heavy atom. The third-order valence-corrected chi connectivity index (χ3v) is 3.26. The minimum absolute atomic E-state index is 0.0319. The van der Waals surface area contributed by atoms with E-state index in [1.54, 1.807) is 4.90 Å². The second-order valence-electron chi connectivity index (χ2n) is 4.85. The third-order valence-electron chi connectivity index (χ3n) is 3.26. The van der Waals surface area contributed by atoms with Gasteiger partial charge in [-0.3, -0.25) is 9.78 Å². The normalized spacial score (nSPS) is 18.0. The number of pyridine rings is 1.